The summed E-state index contributed by atoms with van der Waals surface area (Å²) in [6, 6.07) is 5.84. The van der Waals surface area contributed by atoms with Crippen LogP contribution in [0.15, 0.2) is 36.4 Å². The second-order valence-corrected chi connectivity index (χ2v) is 15.3. The Morgan fingerprint density at radius 3 is 2.05 bits per heavy atom. The standard InChI is InChI=1S/C41H61FN4O13/c1-3-4-5-6-7-8-9-10-11-12-13-14-15-33(47)37(50)31(44-36(49)21-27-17-16-26(2)30(42)20-27)25-58-41-40(53)39(52)38(51)34(59-41)24-43-35(48)22-28-18-19-29(45(54)55)23-32(28)46(56)57/h16-20,23,31,33-34,37-41,47,50-53H,3-15,21-22,24-25H2,1-2H3,(H,43,48)(H,44,49)/t31-,33+,34?,37-,38-,39-,40?,41-/m0/s1. The summed E-state index contributed by atoms with van der Waals surface area (Å²) in [7, 11) is 0. The minimum absolute atomic E-state index is 0.125. The third-order valence-corrected chi connectivity index (χ3v) is 10.5. The van der Waals surface area contributed by atoms with Crippen LogP contribution in [0.5, 0.6) is 0 Å². The Bertz CT molecular complexity index is 1650. The number of amides is 2. The minimum atomic E-state index is -1.85. The number of aryl methyl sites for hydroxylation is 1. The molecule has 1 fully saturated rings. The van der Waals surface area contributed by atoms with Gasteiger partial charge in [-0.1, -0.05) is 96.1 Å². The molecular formula is C41H61FN4O13. The van der Waals surface area contributed by atoms with Gasteiger partial charge in [-0.2, -0.15) is 0 Å². The monoisotopic (exact) mass is 836 g/mol. The largest absolute Gasteiger partial charge is 0.390 e. The van der Waals surface area contributed by atoms with E-state index < -0.39 is 107 Å². The van der Waals surface area contributed by atoms with E-state index in [0.717, 1.165) is 43.9 Å². The predicted molar refractivity (Wildman–Crippen MR) is 214 cm³/mol. The van der Waals surface area contributed by atoms with Gasteiger partial charge in [-0.15, -0.1) is 0 Å². The van der Waals surface area contributed by atoms with Crippen LogP contribution >= 0.6 is 0 Å². The molecule has 2 aromatic carbocycles. The van der Waals surface area contributed by atoms with Crippen LogP contribution in [-0.2, 0) is 31.9 Å². The number of carbonyl (C=O) groups excluding carboxylic acids is 2. The highest BCUT2D eigenvalue weighted by Gasteiger charge is 2.45. The van der Waals surface area contributed by atoms with E-state index in [4.69, 9.17) is 9.47 Å². The van der Waals surface area contributed by atoms with E-state index in [9.17, 15) is 59.7 Å². The van der Waals surface area contributed by atoms with Gasteiger partial charge in [-0.3, -0.25) is 29.8 Å². The zero-order valence-electron chi connectivity index (χ0n) is 33.9. The van der Waals surface area contributed by atoms with Crippen LogP contribution < -0.4 is 10.6 Å². The number of hydrogen-bond donors (Lipinski definition) is 7. The van der Waals surface area contributed by atoms with Crippen molar-refractivity contribution in [2.75, 3.05) is 13.2 Å². The number of nitrogens with zero attached hydrogens (tertiary/aromatic N) is 2. The summed E-state index contributed by atoms with van der Waals surface area (Å²) in [5, 5.41) is 81.7. The van der Waals surface area contributed by atoms with E-state index in [1.165, 1.54) is 57.1 Å². The number of non-ortho nitro benzene ring substituents is 1. The molecule has 1 aliphatic rings. The quantitative estimate of drug-likeness (QED) is 0.0382. The first-order valence-corrected chi connectivity index (χ1v) is 20.5. The first-order chi connectivity index (χ1) is 28.1. The molecule has 8 atom stereocenters. The third kappa shape index (κ3) is 16.4. The molecular weight excluding hydrogens is 775 g/mol. The Morgan fingerprint density at radius 1 is 0.831 bits per heavy atom. The topological polar surface area (TPSA) is 264 Å². The molecule has 0 aliphatic carbocycles. The molecule has 0 radical (unpaired) electrons. The minimum Gasteiger partial charge on any atom is -0.390 e. The summed E-state index contributed by atoms with van der Waals surface area (Å²) in [4.78, 5) is 46.7. The molecule has 0 spiro atoms. The van der Waals surface area contributed by atoms with Gasteiger partial charge >= 0.3 is 0 Å². The van der Waals surface area contributed by atoms with Crippen molar-refractivity contribution < 1.29 is 58.8 Å². The van der Waals surface area contributed by atoms with E-state index >= 15 is 0 Å². The van der Waals surface area contributed by atoms with Crippen molar-refractivity contribution in [3.63, 3.8) is 0 Å². The van der Waals surface area contributed by atoms with Gasteiger partial charge in [0.05, 0.1) is 47.5 Å². The highest BCUT2D eigenvalue weighted by Crippen LogP contribution is 2.26. The number of rotatable bonds is 27. The van der Waals surface area contributed by atoms with Crippen LogP contribution in [0, 0.1) is 33.0 Å². The molecule has 330 valence electrons. The average molecular weight is 837 g/mol. The molecule has 0 saturated carbocycles. The van der Waals surface area contributed by atoms with E-state index in [2.05, 4.69) is 17.6 Å². The highest BCUT2D eigenvalue weighted by atomic mass is 19.1. The summed E-state index contributed by atoms with van der Waals surface area (Å²) in [6.07, 6.45) is 1.38. The van der Waals surface area contributed by atoms with E-state index in [0.29, 0.717) is 17.5 Å². The molecule has 1 saturated heterocycles. The second kappa shape index (κ2) is 25.5. The lowest BCUT2D eigenvalue weighted by Crippen LogP contribution is -2.61. The van der Waals surface area contributed by atoms with Gasteiger partial charge in [0.1, 0.15) is 36.3 Å². The maximum Gasteiger partial charge on any atom is 0.279 e. The Balaban J connectivity index is 1.60. The normalized spacial score (nSPS) is 20.7. The predicted octanol–water partition coefficient (Wildman–Crippen LogP) is 3.97. The van der Waals surface area contributed by atoms with Crippen molar-refractivity contribution in [3.8, 4) is 0 Å². The van der Waals surface area contributed by atoms with E-state index in [1.54, 1.807) is 13.0 Å². The SMILES string of the molecule is CCCCCCCCCCCCCC[C@@H](O)[C@@H](O)[C@H](CO[C@H]1OC(CNC(=O)Cc2ccc([N+](=O)[O-])cc2[N+](=O)[O-])[C@H](O)[C@H](O)C1O)NC(=O)Cc1ccc(C)c(F)c1. The van der Waals surface area contributed by atoms with Crippen LogP contribution in [0.4, 0.5) is 15.8 Å². The fourth-order valence-corrected chi connectivity index (χ4v) is 6.91. The van der Waals surface area contributed by atoms with Crippen molar-refractivity contribution in [2.24, 2.45) is 0 Å². The number of hydrogen-bond acceptors (Lipinski definition) is 13. The van der Waals surface area contributed by atoms with Crippen molar-refractivity contribution >= 4 is 23.2 Å². The lowest BCUT2D eigenvalue weighted by atomic mass is 9.98. The maximum absolute atomic E-state index is 14.2. The third-order valence-electron chi connectivity index (χ3n) is 10.5. The zero-order valence-corrected chi connectivity index (χ0v) is 33.9. The number of nitro benzene ring substituents is 2. The number of halogens is 1. The van der Waals surface area contributed by atoms with Crippen molar-refractivity contribution in [2.45, 2.75) is 159 Å². The molecule has 3 rings (SSSR count). The Kier molecular flexibility index (Phi) is 21.2. The van der Waals surface area contributed by atoms with E-state index in [1.807, 2.05) is 0 Å². The zero-order chi connectivity index (χ0) is 43.5. The number of nitrogens with one attached hydrogen (secondary N) is 2. The van der Waals surface area contributed by atoms with Gasteiger partial charge in [0.15, 0.2) is 6.29 Å². The van der Waals surface area contributed by atoms with Crippen molar-refractivity contribution in [3.05, 3.63) is 79.1 Å². The molecule has 0 aromatic heterocycles. The highest BCUT2D eigenvalue weighted by molar-refractivity contribution is 5.80. The number of unbranched alkanes of at least 4 members (excludes halogenated alkanes) is 11. The smallest absolute Gasteiger partial charge is 0.279 e. The second-order valence-electron chi connectivity index (χ2n) is 15.3. The molecule has 2 amide bonds. The molecule has 2 unspecified atom stereocenters. The lowest BCUT2D eigenvalue weighted by molar-refractivity contribution is -0.394. The Labute approximate surface area is 343 Å². The van der Waals surface area contributed by atoms with Gasteiger partial charge < -0.3 is 45.6 Å². The number of carbonyl (C=O) groups is 2. The van der Waals surface area contributed by atoms with Gasteiger partial charge in [0.25, 0.3) is 11.4 Å². The van der Waals surface area contributed by atoms with Crippen molar-refractivity contribution in [1.82, 2.24) is 10.6 Å². The molecule has 7 N–H and O–H groups in total. The van der Waals surface area contributed by atoms with Gasteiger partial charge in [-0.25, -0.2) is 4.39 Å². The van der Waals surface area contributed by atoms with Crippen LogP contribution in [0.25, 0.3) is 0 Å². The van der Waals surface area contributed by atoms with Crippen LogP contribution in [0.2, 0.25) is 0 Å². The molecule has 1 aliphatic heterocycles. The number of aliphatic hydroxyl groups excluding tert-OH is 5. The molecule has 17 nitrogen and oxygen atoms in total. The van der Waals surface area contributed by atoms with Crippen LogP contribution in [0.1, 0.15) is 107 Å². The number of benzene rings is 2. The first-order valence-electron chi connectivity index (χ1n) is 20.5. The van der Waals surface area contributed by atoms with Crippen LogP contribution in [-0.4, -0.2) is 109 Å². The van der Waals surface area contributed by atoms with Gasteiger partial charge in [0, 0.05) is 18.2 Å². The summed E-state index contributed by atoms with van der Waals surface area (Å²) < 4.78 is 25.6. The summed E-state index contributed by atoms with van der Waals surface area (Å²) in [6.45, 7) is 2.74. The average Bonchev–Trinajstić information content (AvgIpc) is 3.20. The number of aliphatic hydroxyl groups is 5. The summed E-state index contributed by atoms with van der Waals surface area (Å²) >= 11 is 0. The number of ether oxygens (including phenoxy) is 2. The molecule has 18 heteroatoms. The maximum atomic E-state index is 14.2. The molecule has 0 bridgehead atoms. The van der Waals surface area contributed by atoms with Crippen molar-refractivity contribution in [1.29, 1.82) is 0 Å². The molecule has 1 heterocycles. The summed E-state index contributed by atoms with van der Waals surface area (Å²) in [5.74, 6) is -1.93. The number of nitro groups is 2. The summed E-state index contributed by atoms with van der Waals surface area (Å²) in [5.41, 5.74) is -0.567. The Hall–Kier alpha value is -4.17. The molecule has 59 heavy (non-hydrogen) atoms. The fraction of sp³-hybridized carbons (Fsp3) is 0.659. The Morgan fingerprint density at radius 2 is 1.46 bits per heavy atom. The fourth-order valence-electron chi connectivity index (χ4n) is 6.91. The van der Waals surface area contributed by atoms with Gasteiger partial charge in [0.2, 0.25) is 11.8 Å². The van der Waals surface area contributed by atoms with Gasteiger partial charge in [-0.05, 0) is 36.6 Å². The first kappa shape index (κ1) is 49.2. The van der Waals surface area contributed by atoms with E-state index in [-0.39, 0.29) is 18.4 Å². The lowest BCUT2D eigenvalue weighted by Gasteiger charge is -2.41. The molecule has 2 aromatic rings. The van der Waals surface area contributed by atoms with Crippen LogP contribution in [0.3, 0.4) is 0 Å².